The van der Waals surface area contributed by atoms with Gasteiger partial charge in [0.1, 0.15) is 11.5 Å². The number of nitrogens with two attached hydrogens (primary N) is 1. The fourth-order valence-corrected chi connectivity index (χ4v) is 4.68. The molecule has 0 bridgehead atoms. The quantitative estimate of drug-likeness (QED) is 0.179. The molecule has 0 aromatic heterocycles. The molecule has 0 fully saturated rings. The molecule has 0 saturated heterocycles. The molecule has 4 unspecified atom stereocenters. The first-order valence-electron chi connectivity index (χ1n) is 13.3. The molecular formula is C31H37ClN2O7. The van der Waals surface area contributed by atoms with Crippen LogP contribution in [0, 0.1) is 0 Å². The zero-order valence-electron chi connectivity index (χ0n) is 23.4. The zero-order valence-corrected chi connectivity index (χ0v) is 24.2. The van der Waals surface area contributed by atoms with E-state index in [1.165, 1.54) is 7.11 Å². The molecule has 0 saturated carbocycles. The molecule has 0 radical (unpaired) electrons. The van der Waals surface area contributed by atoms with Crippen LogP contribution >= 0.6 is 11.6 Å². The fraction of sp³-hybridized carbons (Fsp3) is 0.355. The number of para-hydroxylation sites is 1. The Kier molecular flexibility index (Phi) is 12.0. The van der Waals surface area contributed by atoms with Gasteiger partial charge in [-0.2, -0.15) is 0 Å². The topological polar surface area (TPSA) is 132 Å². The van der Waals surface area contributed by atoms with E-state index in [0.717, 1.165) is 5.56 Å². The summed E-state index contributed by atoms with van der Waals surface area (Å²) in [6.45, 7) is 4.03. The molecule has 0 aliphatic heterocycles. The Morgan fingerprint density at radius 2 is 1.73 bits per heavy atom. The largest absolute Gasteiger partial charge is 0.482 e. The number of primary amides is 1. The molecule has 0 aliphatic carbocycles. The number of aliphatic hydroxyl groups excluding tert-OH is 2. The molecule has 1 amide bonds. The Morgan fingerprint density at radius 3 is 2.37 bits per heavy atom. The Balaban J connectivity index is 1.86. The molecule has 3 aromatic carbocycles. The lowest BCUT2D eigenvalue weighted by atomic mass is 10.0. The highest BCUT2D eigenvalue weighted by Gasteiger charge is 2.29. The van der Waals surface area contributed by atoms with Gasteiger partial charge < -0.3 is 30.2 Å². The summed E-state index contributed by atoms with van der Waals surface area (Å²) >= 11 is 6.18. The number of benzene rings is 3. The van der Waals surface area contributed by atoms with Gasteiger partial charge in [-0.1, -0.05) is 61.0 Å². The Hall–Kier alpha value is -3.63. The normalized spacial score (nSPS) is 14.1. The molecule has 3 rings (SSSR count). The molecule has 0 spiro atoms. The molecule has 0 aliphatic rings. The number of hydrogen-bond acceptors (Lipinski definition) is 8. The summed E-state index contributed by atoms with van der Waals surface area (Å²) in [6.07, 6.45) is -1.78. The molecular weight excluding hydrogens is 548 g/mol. The van der Waals surface area contributed by atoms with Crippen molar-refractivity contribution in [1.29, 1.82) is 0 Å². The van der Waals surface area contributed by atoms with Crippen LogP contribution in [0.5, 0.6) is 11.5 Å². The van der Waals surface area contributed by atoms with Crippen molar-refractivity contribution in [1.82, 2.24) is 4.90 Å². The molecule has 220 valence electrons. The molecule has 10 heteroatoms. The second-order valence-corrected chi connectivity index (χ2v) is 10.1. The second-order valence-electron chi connectivity index (χ2n) is 9.65. The number of halogens is 1. The van der Waals surface area contributed by atoms with Crippen LogP contribution in [-0.4, -0.2) is 59.5 Å². The third kappa shape index (κ3) is 9.19. The molecule has 4 atom stereocenters. The van der Waals surface area contributed by atoms with Crippen LogP contribution in [0.15, 0.2) is 72.8 Å². The highest BCUT2D eigenvalue weighted by Crippen LogP contribution is 2.29. The summed E-state index contributed by atoms with van der Waals surface area (Å²) in [6, 6.07) is 21.0. The van der Waals surface area contributed by atoms with E-state index in [1.807, 2.05) is 36.9 Å². The summed E-state index contributed by atoms with van der Waals surface area (Å²) in [5.41, 5.74) is 7.30. The van der Waals surface area contributed by atoms with Crippen LogP contribution in [0.2, 0.25) is 5.02 Å². The third-order valence-electron chi connectivity index (χ3n) is 6.69. The van der Waals surface area contributed by atoms with E-state index in [4.69, 9.17) is 26.8 Å². The van der Waals surface area contributed by atoms with Gasteiger partial charge in [0.2, 0.25) is 0 Å². The Labute approximate surface area is 245 Å². The number of methoxy groups -OCH3 is 1. The molecule has 0 heterocycles. The standard InChI is InChI=1S/C31H37ClN2O7/c1-4-28(41-27-11-6-5-10-25(27)30(37)31(33)38)34(18-26(35)22-8-7-9-23(32)17-22)20(2)16-21-12-14-24(15-13-21)40-19-29(36)39-3/h5-15,17,20,26,28,30,35,37H,4,16,18-19H2,1-3H3,(H2,33,38). The van der Waals surface area contributed by atoms with Crippen LogP contribution in [0.4, 0.5) is 0 Å². The van der Waals surface area contributed by atoms with E-state index in [2.05, 4.69) is 4.74 Å². The number of rotatable bonds is 15. The first-order chi connectivity index (χ1) is 19.6. The Bertz CT molecular complexity index is 1290. The second kappa shape index (κ2) is 15.4. The summed E-state index contributed by atoms with van der Waals surface area (Å²) in [4.78, 5) is 25.1. The summed E-state index contributed by atoms with van der Waals surface area (Å²) in [7, 11) is 1.30. The average molecular weight is 585 g/mol. The third-order valence-corrected chi connectivity index (χ3v) is 6.92. The smallest absolute Gasteiger partial charge is 0.343 e. The van der Waals surface area contributed by atoms with Crippen LogP contribution < -0.4 is 15.2 Å². The lowest BCUT2D eigenvalue weighted by Gasteiger charge is -2.38. The van der Waals surface area contributed by atoms with E-state index < -0.39 is 30.3 Å². The van der Waals surface area contributed by atoms with Gasteiger partial charge in [-0.25, -0.2) is 4.79 Å². The van der Waals surface area contributed by atoms with Crippen LogP contribution in [0.1, 0.15) is 49.2 Å². The number of ether oxygens (including phenoxy) is 3. The first-order valence-corrected chi connectivity index (χ1v) is 13.7. The lowest BCUT2D eigenvalue weighted by molar-refractivity contribution is -0.142. The molecule has 9 nitrogen and oxygen atoms in total. The van der Waals surface area contributed by atoms with Gasteiger partial charge >= 0.3 is 5.97 Å². The fourth-order valence-electron chi connectivity index (χ4n) is 4.48. The number of aliphatic hydroxyl groups is 2. The first kappa shape index (κ1) is 31.9. The van der Waals surface area contributed by atoms with Crippen molar-refractivity contribution >= 4 is 23.5 Å². The van der Waals surface area contributed by atoms with E-state index in [1.54, 1.807) is 54.6 Å². The van der Waals surface area contributed by atoms with Crippen molar-refractivity contribution < 1.29 is 34.0 Å². The average Bonchev–Trinajstić information content (AvgIpc) is 2.97. The maximum Gasteiger partial charge on any atom is 0.343 e. The highest BCUT2D eigenvalue weighted by atomic mass is 35.5. The van der Waals surface area contributed by atoms with Gasteiger partial charge in [-0.15, -0.1) is 0 Å². The number of esters is 1. The monoisotopic (exact) mass is 584 g/mol. The van der Waals surface area contributed by atoms with Gasteiger partial charge in [-0.05, 0) is 61.2 Å². The number of nitrogens with zero attached hydrogens (tertiary/aromatic N) is 1. The summed E-state index contributed by atoms with van der Waals surface area (Å²) in [5, 5.41) is 22.1. The van der Waals surface area contributed by atoms with Gasteiger partial charge in [-0.3, -0.25) is 9.69 Å². The van der Waals surface area contributed by atoms with Crippen LogP contribution in [0.25, 0.3) is 0 Å². The maximum atomic E-state index is 11.7. The van der Waals surface area contributed by atoms with Crippen LogP contribution in [0.3, 0.4) is 0 Å². The number of amides is 1. The van der Waals surface area contributed by atoms with Crippen molar-refractivity contribution in [2.75, 3.05) is 20.3 Å². The van der Waals surface area contributed by atoms with E-state index >= 15 is 0 Å². The van der Waals surface area contributed by atoms with Crippen molar-refractivity contribution in [3.63, 3.8) is 0 Å². The van der Waals surface area contributed by atoms with Crippen molar-refractivity contribution in [3.05, 3.63) is 94.5 Å². The zero-order chi connectivity index (χ0) is 29.9. The predicted molar refractivity (Wildman–Crippen MR) is 156 cm³/mol. The van der Waals surface area contributed by atoms with E-state index in [0.29, 0.717) is 34.9 Å². The maximum absolute atomic E-state index is 11.7. The van der Waals surface area contributed by atoms with Crippen molar-refractivity contribution in [2.24, 2.45) is 5.73 Å². The van der Waals surface area contributed by atoms with Gasteiger partial charge in [0.25, 0.3) is 5.91 Å². The molecule has 41 heavy (non-hydrogen) atoms. The highest BCUT2D eigenvalue weighted by molar-refractivity contribution is 6.30. The SMILES string of the molecule is CCC(Oc1ccccc1C(O)C(N)=O)N(CC(O)c1cccc(Cl)c1)C(C)Cc1ccc(OCC(=O)OC)cc1. The lowest BCUT2D eigenvalue weighted by Crippen LogP contribution is -2.47. The minimum atomic E-state index is -1.52. The van der Waals surface area contributed by atoms with Gasteiger partial charge in [0.05, 0.1) is 13.2 Å². The van der Waals surface area contributed by atoms with Gasteiger partial charge in [0.15, 0.2) is 18.9 Å². The number of carbonyl (C=O) groups excluding carboxylic acids is 2. The molecule has 3 aromatic rings. The Morgan fingerprint density at radius 1 is 1.02 bits per heavy atom. The number of hydrogen-bond donors (Lipinski definition) is 3. The predicted octanol–water partition coefficient (Wildman–Crippen LogP) is 4.19. The number of carbonyl (C=O) groups is 2. The summed E-state index contributed by atoms with van der Waals surface area (Å²) < 4.78 is 16.4. The minimum Gasteiger partial charge on any atom is -0.482 e. The van der Waals surface area contributed by atoms with Crippen LogP contribution in [-0.2, 0) is 20.7 Å². The van der Waals surface area contributed by atoms with Gasteiger partial charge in [0, 0.05) is 23.2 Å². The van der Waals surface area contributed by atoms with Crippen molar-refractivity contribution in [2.45, 2.75) is 51.2 Å². The minimum absolute atomic E-state index is 0.121. The van der Waals surface area contributed by atoms with E-state index in [-0.39, 0.29) is 24.8 Å². The summed E-state index contributed by atoms with van der Waals surface area (Å²) in [5.74, 6) is -0.478. The van der Waals surface area contributed by atoms with Crippen molar-refractivity contribution in [3.8, 4) is 11.5 Å². The van der Waals surface area contributed by atoms with E-state index in [9.17, 15) is 19.8 Å². The molecule has 4 N–H and O–H groups in total.